The molecule has 0 aromatic rings. The van der Waals surface area contributed by atoms with Crippen molar-refractivity contribution in [1.29, 1.82) is 0 Å². The summed E-state index contributed by atoms with van der Waals surface area (Å²) in [5.41, 5.74) is 0. The van der Waals surface area contributed by atoms with Gasteiger partial charge in [-0.2, -0.15) is 0 Å². The van der Waals surface area contributed by atoms with Gasteiger partial charge in [0.2, 0.25) is 0 Å². The SMILES string of the molecule is FC1(F)CC2CCC(N2)C1C1CCCOC1. The normalized spacial score (nSPS) is 46.9. The van der Waals surface area contributed by atoms with Gasteiger partial charge in [0, 0.05) is 37.6 Å². The molecule has 0 spiro atoms. The van der Waals surface area contributed by atoms with Crippen LogP contribution >= 0.6 is 0 Å². The largest absolute Gasteiger partial charge is 0.381 e. The highest BCUT2D eigenvalue weighted by atomic mass is 19.3. The van der Waals surface area contributed by atoms with Gasteiger partial charge in [0.05, 0.1) is 0 Å². The molecule has 3 heterocycles. The lowest BCUT2D eigenvalue weighted by Crippen LogP contribution is -2.55. The van der Waals surface area contributed by atoms with Crippen molar-refractivity contribution >= 4 is 0 Å². The second-order valence-corrected chi connectivity index (χ2v) is 5.52. The van der Waals surface area contributed by atoms with Gasteiger partial charge < -0.3 is 10.1 Å². The van der Waals surface area contributed by atoms with Crippen LogP contribution in [0.2, 0.25) is 0 Å². The number of halogens is 2. The maximum atomic E-state index is 14.1. The molecule has 4 atom stereocenters. The van der Waals surface area contributed by atoms with E-state index in [1.54, 1.807) is 0 Å². The number of hydrogen-bond donors (Lipinski definition) is 1. The first kappa shape index (κ1) is 10.9. The van der Waals surface area contributed by atoms with Crippen molar-refractivity contribution in [3.05, 3.63) is 0 Å². The summed E-state index contributed by atoms with van der Waals surface area (Å²) in [5, 5.41) is 3.36. The quantitative estimate of drug-likeness (QED) is 0.747. The van der Waals surface area contributed by atoms with Crippen molar-refractivity contribution in [2.24, 2.45) is 11.8 Å². The Morgan fingerprint density at radius 3 is 2.81 bits per heavy atom. The van der Waals surface area contributed by atoms with E-state index in [0.717, 1.165) is 32.3 Å². The molecule has 0 radical (unpaired) electrons. The highest BCUT2D eigenvalue weighted by Crippen LogP contribution is 2.47. The fraction of sp³-hybridized carbons (Fsp3) is 1.00. The number of piperidine rings is 1. The fourth-order valence-electron chi connectivity index (χ4n) is 3.78. The van der Waals surface area contributed by atoms with E-state index in [2.05, 4.69) is 5.32 Å². The summed E-state index contributed by atoms with van der Waals surface area (Å²) >= 11 is 0. The third-order valence-corrected chi connectivity index (χ3v) is 4.42. The van der Waals surface area contributed by atoms with Crippen molar-refractivity contribution in [2.75, 3.05) is 13.2 Å². The maximum absolute atomic E-state index is 14.1. The molecule has 4 heteroatoms. The van der Waals surface area contributed by atoms with Crippen LogP contribution in [0.3, 0.4) is 0 Å². The molecular formula is C12H19F2NO. The summed E-state index contributed by atoms with van der Waals surface area (Å²) in [6.07, 6.45) is 3.72. The minimum atomic E-state index is -2.48. The first-order valence-corrected chi connectivity index (χ1v) is 6.38. The van der Waals surface area contributed by atoms with Crippen LogP contribution in [-0.4, -0.2) is 31.2 Å². The van der Waals surface area contributed by atoms with Gasteiger partial charge in [0.15, 0.2) is 0 Å². The van der Waals surface area contributed by atoms with Crippen molar-refractivity contribution in [2.45, 2.75) is 50.1 Å². The number of alkyl halides is 2. The molecule has 3 rings (SSSR count). The van der Waals surface area contributed by atoms with Crippen LogP contribution < -0.4 is 5.32 Å². The first-order valence-electron chi connectivity index (χ1n) is 6.38. The average molecular weight is 231 g/mol. The highest BCUT2D eigenvalue weighted by molar-refractivity contribution is 5.03. The Hall–Kier alpha value is -0.220. The Bertz CT molecular complexity index is 266. The van der Waals surface area contributed by atoms with Gasteiger partial charge in [0.1, 0.15) is 0 Å². The maximum Gasteiger partial charge on any atom is 0.254 e. The molecule has 3 saturated heterocycles. The van der Waals surface area contributed by atoms with Gasteiger partial charge in [-0.3, -0.25) is 0 Å². The Kier molecular flexibility index (Phi) is 2.67. The van der Waals surface area contributed by atoms with Gasteiger partial charge in [-0.05, 0) is 31.6 Å². The zero-order valence-corrected chi connectivity index (χ0v) is 9.42. The topological polar surface area (TPSA) is 21.3 Å². The standard InChI is InChI=1S/C12H19F2NO/c13-12(14)6-9-3-4-10(15-9)11(12)8-2-1-5-16-7-8/h8-11,15H,1-7H2. The van der Waals surface area contributed by atoms with E-state index in [-0.39, 0.29) is 24.4 Å². The molecular weight excluding hydrogens is 212 g/mol. The number of fused-ring (bicyclic) bond motifs is 2. The molecule has 0 aliphatic carbocycles. The predicted molar refractivity (Wildman–Crippen MR) is 56.5 cm³/mol. The van der Waals surface area contributed by atoms with E-state index in [0.29, 0.717) is 6.61 Å². The van der Waals surface area contributed by atoms with Crippen LogP contribution in [0, 0.1) is 11.8 Å². The van der Waals surface area contributed by atoms with Gasteiger partial charge in [-0.1, -0.05) is 0 Å². The zero-order valence-electron chi connectivity index (χ0n) is 9.42. The number of hydrogen-bond acceptors (Lipinski definition) is 2. The van der Waals surface area contributed by atoms with E-state index >= 15 is 0 Å². The summed E-state index contributed by atoms with van der Waals surface area (Å²) in [4.78, 5) is 0. The molecule has 2 nitrogen and oxygen atoms in total. The lowest BCUT2D eigenvalue weighted by Gasteiger charge is -2.42. The Morgan fingerprint density at radius 1 is 1.19 bits per heavy atom. The monoisotopic (exact) mass is 231 g/mol. The van der Waals surface area contributed by atoms with E-state index in [9.17, 15) is 8.78 Å². The predicted octanol–water partition coefficient (Wildman–Crippen LogP) is 2.19. The summed E-state index contributed by atoms with van der Waals surface area (Å²) in [6.45, 7) is 1.28. The van der Waals surface area contributed by atoms with Crippen LogP contribution in [0.25, 0.3) is 0 Å². The smallest absolute Gasteiger partial charge is 0.254 e. The van der Waals surface area contributed by atoms with Crippen molar-refractivity contribution in [1.82, 2.24) is 5.32 Å². The molecule has 3 fully saturated rings. The van der Waals surface area contributed by atoms with E-state index in [1.807, 2.05) is 0 Å². The zero-order chi connectivity index (χ0) is 11.2. The van der Waals surface area contributed by atoms with Crippen LogP contribution in [0.5, 0.6) is 0 Å². The van der Waals surface area contributed by atoms with Crippen molar-refractivity contribution in [3.8, 4) is 0 Å². The van der Waals surface area contributed by atoms with Gasteiger partial charge >= 0.3 is 0 Å². The van der Waals surface area contributed by atoms with Crippen LogP contribution in [0.4, 0.5) is 8.78 Å². The van der Waals surface area contributed by atoms with Crippen molar-refractivity contribution < 1.29 is 13.5 Å². The lowest BCUT2D eigenvalue weighted by molar-refractivity contribution is -0.135. The number of nitrogens with one attached hydrogen (secondary N) is 1. The molecule has 0 amide bonds. The molecule has 4 unspecified atom stereocenters. The summed E-state index contributed by atoms with van der Waals surface area (Å²) < 4.78 is 33.6. The second-order valence-electron chi connectivity index (χ2n) is 5.52. The summed E-state index contributed by atoms with van der Waals surface area (Å²) in [5.74, 6) is -2.92. The molecule has 3 aliphatic heterocycles. The minimum absolute atomic E-state index is 0.0282. The van der Waals surface area contributed by atoms with Crippen LogP contribution in [0.15, 0.2) is 0 Å². The lowest BCUT2D eigenvalue weighted by atomic mass is 9.76. The van der Waals surface area contributed by atoms with E-state index in [1.165, 1.54) is 0 Å². The molecule has 1 N–H and O–H groups in total. The summed E-state index contributed by atoms with van der Waals surface area (Å²) in [7, 11) is 0. The molecule has 92 valence electrons. The van der Waals surface area contributed by atoms with Crippen LogP contribution in [0.1, 0.15) is 32.1 Å². The Morgan fingerprint density at radius 2 is 2.06 bits per heavy atom. The van der Waals surface area contributed by atoms with Gasteiger partial charge in [-0.15, -0.1) is 0 Å². The molecule has 3 aliphatic rings. The van der Waals surface area contributed by atoms with Crippen molar-refractivity contribution in [3.63, 3.8) is 0 Å². The molecule has 0 aromatic carbocycles. The highest BCUT2D eigenvalue weighted by Gasteiger charge is 2.55. The van der Waals surface area contributed by atoms with Gasteiger partial charge in [-0.25, -0.2) is 8.78 Å². The second kappa shape index (κ2) is 3.91. The molecule has 16 heavy (non-hydrogen) atoms. The Labute approximate surface area is 94.7 Å². The third-order valence-electron chi connectivity index (χ3n) is 4.42. The third kappa shape index (κ3) is 1.76. The molecule has 0 aromatic heterocycles. The number of ether oxygens (including phenoxy) is 1. The summed E-state index contributed by atoms with van der Waals surface area (Å²) in [6, 6.07) is 0.0845. The van der Waals surface area contributed by atoms with Gasteiger partial charge in [0.25, 0.3) is 5.92 Å². The Balaban J connectivity index is 1.79. The fourth-order valence-corrected chi connectivity index (χ4v) is 3.78. The van der Waals surface area contributed by atoms with Crippen LogP contribution in [-0.2, 0) is 4.74 Å². The average Bonchev–Trinajstić information content (AvgIpc) is 2.62. The molecule has 0 saturated carbocycles. The first-order chi connectivity index (χ1) is 7.67. The van der Waals surface area contributed by atoms with E-state index in [4.69, 9.17) is 4.74 Å². The van der Waals surface area contributed by atoms with E-state index < -0.39 is 11.8 Å². The molecule has 2 bridgehead atoms. The number of rotatable bonds is 1. The minimum Gasteiger partial charge on any atom is -0.381 e.